The Morgan fingerprint density at radius 2 is 1.62 bits per heavy atom. The van der Waals surface area contributed by atoms with Crippen molar-refractivity contribution in [2.45, 2.75) is 19.0 Å². The summed E-state index contributed by atoms with van der Waals surface area (Å²) in [7, 11) is 0. The first kappa shape index (κ1) is 17.6. The lowest BCUT2D eigenvalue weighted by Crippen LogP contribution is -2.36. The molecule has 5 heteroatoms. The highest BCUT2D eigenvalue weighted by molar-refractivity contribution is 5.82. The molecule has 0 saturated carbocycles. The molecule has 0 bridgehead atoms. The molecule has 26 heavy (non-hydrogen) atoms. The number of nitrogen functional groups attached to an aromatic ring is 1. The smallest absolute Gasteiger partial charge is 0.263 e. The molecule has 0 spiro atoms. The van der Waals surface area contributed by atoms with Crippen LogP contribution in [0.5, 0.6) is 0 Å². The standard InChI is InChI=1S/C21H19N3O2/c22-19-11-9-17(10-12-19)4-2-1-3-16-5-7-18(8-6-16)15-23-20-13-14-24(26)21(20)25/h5-12,20,23,26H,13-15,22H2. The van der Waals surface area contributed by atoms with Crippen LogP contribution in [-0.4, -0.2) is 28.8 Å². The lowest BCUT2D eigenvalue weighted by atomic mass is 10.1. The molecule has 1 amide bonds. The van der Waals surface area contributed by atoms with E-state index in [0.717, 1.165) is 21.8 Å². The number of amides is 1. The second-order valence-electron chi connectivity index (χ2n) is 6.00. The normalized spacial score (nSPS) is 15.8. The molecule has 0 aromatic heterocycles. The largest absolute Gasteiger partial charge is 0.399 e. The Hall–Kier alpha value is -3.25. The Bertz CT molecular complexity index is 897. The minimum absolute atomic E-state index is 0.271. The molecule has 0 aliphatic carbocycles. The van der Waals surface area contributed by atoms with Crippen LogP contribution in [0.15, 0.2) is 48.5 Å². The maximum atomic E-state index is 11.6. The predicted molar refractivity (Wildman–Crippen MR) is 99.8 cm³/mol. The molecule has 1 aliphatic heterocycles. The molecule has 1 aliphatic rings. The van der Waals surface area contributed by atoms with Crippen LogP contribution in [0.2, 0.25) is 0 Å². The zero-order valence-corrected chi connectivity index (χ0v) is 14.2. The first-order chi connectivity index (χ1) is 12.6. The van der Waals surface area contributed by atoms with Crippen molar-refractivity contribution in [3.8, 4) is 23.7 Å². The van der Waals surface area contributed by atoms with E-state index in [1.165, 1.54) is 0 Å². The van der Waals surface area contributed by atoms with E-state index in [1.807, 2.05) is 36.4 Å². The van der Waals surface area contributed by atoms with Gasteiger partial charge < -0.3 is 11.1 Å². The summed E-state index contributed by atoms with van der Waals surface area (Å²) in [6.07, 6.45) is 0.617. The van der Waals surface area contributed by atoms with Crippen LogP contribution in [-0.2, 0) is 11.3 Å². The third kappa shape index (κ3) is 4.64. The number of carbonyl (C=O) groups excluding carboxylic acids is 1. The van der Waals surface area contributed by atoms with Crippen molar-refractivity contribution in [2.75, 3.05) is 12.3 Å². The number of carbonyl (C=O) groups is 1. The molecule has 3 rings (SSSR count). The summed E-state index contributed by atoms with van der Waals surface area (Å²) in [4.78, 5) is 11.6. The number of hydrogen-bond donors (Lipinski definition) is 3. The average molecular weight is 345 g/mol. The minimum atomic E-state index is -0.317. The molecule has 1 unspecified atom stereocenters. The van der Waals surface area contributed by atoms with E-state index in [2.05, 4.69) is 29.0 Å². The number of nitrogens with one attached hydrogen (secondary N) is 1. The predicted octanol–water partition coefficient (Wildman–Crippen LogP) is 1.75. The molecule has 1 fully saturated rings. The molecule has 2 aromatic carbocycles. The average Bonchev–Trinajstić information content (AvgIpc) is 2.98. The van der Waals surface area contributed by atoms with Crippen LogP contribution in [0.4, 0.5) is 5.69 Å². The summed E-state index contributed by atoms with van der Waals surface area (Å²) in [6, 6.07) is 14.8. The zero-order valence-electron chi connectivity index (χ0n) is 14.2. The number of nitrogens with zero attached hydrogens (tertiary/aromatic N) is 1. The van der Waals surface area contributed by atoms with Gasteiger partial charge in [0.1, 0.15) is 0 Å². The quantitative estimate of drug-likeness (QED) is 0.450. The fourth-order valence-electron chi connectivity index (χ4n) is 2.57. The highest BCUT2D eigenvalue weighted by Crippen LogP contribution is 2.10. The van der Waals surface area contributed by atoms with Gasteiger partial charge in [-0.3, -0.25) is 10.0 Å². The summed E-state index contributed by atoms with van der Waals surface area (Å²) in [5.74, 6) is 11.4. The van der Waals surface area contributed by atoms with Crippen molar-refractivity contribution in [1.82, 2.24) is 10.4 Å². The third-order valence-corrected chi connectivity index (χ3v) is 4.08. The van der Waals surface area contributed by atoms with E-state index in [0.29, 0.717) is 25.2 Å². The van der Waals surface area contributed by atoms with Gasteiger partial charge in [0.25, 0.3) is 5.91 Å². The van der Waals surface area contributed by atoms with Gasteiger partial charge in [-0.1, -0.05) is 24.0 Å². The summed E-state index contributed by atoms with van der Waals surface area (Å²) in [5.41, 5.74) is 9.14. The Kier molecular flexibility index (Phi) is 5.56. The topological polar surface area (TPSA) is 78.6 Å². The minimum Gasteiger partial charge on any atom is -0.399 e. The molecule has 1 heterocycles. The maximum absolute atomic E-state index is 11.6. The van der Waals surface area contributed by atoms with E-state index in [4.69, 9.17) is 5.73 Å². The maximum Gasteiger partial charge on any atom is 0.263 e. The van der Waals surface area contributed by atoms with Crippen LogP contribution in [0, 0.1) is 23.7 Å². The molecule has 4 N–H and O–H groups in total. The second-order valence-corrected chi connectivity index (χ2v) is 6.00. The van der Waals surface area contributed by atoms with Gasteiger partial charge in [0.15, 0.2) is 0 Å². The number of rotatable bonds is 3. The molecule has 130 valence electrons. The van der Waals surface area contributed by atoms with Crippen LogP contribution in [0.3, 0.4) is 0 Å². The Labute approximate surface area is 152 Å². The van der Waals surface area contributed by atoms with Crippen molar-refractivity contribution in [1.29, 1.82) is 0 Å². The Morgan fingerprint density at radius 1 is 1.04 bits per heavy atom. The van der Waals surface area contributed by atoms with E-state index < -0.39 is 0 Å². The molecule has 1 atom stereocenters. The van der Waals surface area contributed by atoms with Gasteiger partial charge >= 0.3 is 0 Å². The summed E-state index contributed by atoms with van der Waals surface area (Å²) < 4.78 is 0. The van der Waals surface area contributed by atoms with Crippen LogP contribution < -0.4 is 11.1 Å². The monoisotopic (exact) mass is 345 g/mol. The fraction of sp³-hybridized carbons (Fsp3) is 0.190. The number of hydrogen-bond acceptors (Lipinski definition) is 4. The van der Waals surface area contributed by atoms with Gasteiger partial charge in [0.2, 0.25) is 0 Å². The van der Waals surface area contributed by atoms with Crippen molar-refractivity contribution in [3.05, 3.63) is 65.2 Å². The van der Waals surface area contributed by atoms with E-state index in [9.17, 15) is 10.0 Å². The highest BCUT2D eigenvalue weighted by Gasteiger charge is 2.29. The SMILES string of the molecule is Nc1ccc(C#CC#Cc2ccc(CNC3CCN(O)C3=O)cc2)cc1. The molecule has 1 saturated heterocycles. The third-order valence-electron chi connectivity index (χ3n) is 4.08. The molecule has 0 radical (unpaired) electrons. The van der Waals surface area contributed by atoms with Gasteiger partial charge in [-0.15, -0.1) is 0 Å². The summed E-state index contributed by atoms with van der Waals surface area (Å²) in [5, 5.41) is 13.2. The van der Waals surface area contributed by atoms with Crippen LogP contribution in [0.1, 0.15) is 23.1 Å². The van der Waals surface area contributed by atoms with Crippen molar-refractivity contribution in [2.24, 2.45) is 0 Å². The lowest BCUT2D eigenvalue weighted by Gasteiger charge is -2.11. The molecule has 2 aromatic rings. The second kappa shape index (κ2) is 8.22. The van der Waals surface area contributed by atoms with Gasteiger partial charge in [-0.25, -0.2) is 5.06 Å². The molecule has 5 nitrogen and oxygen atoms in total. The Morgan fingerprint density at radius 3 is 2.15 bits per heavy atom. The zero-order chi connectivity index (χ0) is 18.4. The van der Waals surface area contributed by atoms with Gasteiger partial charge in [-0.2, -0.15) is 0 Å². The summed E-state index contributed by atoms with van der Waals surface area (Å²) in [6.45, 7) is 0.942. The first-order valence-electron chi connectivity index (χ1n) is 8.32. The highest BCUT2D eigenvalue weighted by atomic mass is 16.5. The van der Waals surface area contributed by atoms with Gasteiger partial charge in [0.05, 0.1) is 12.6 Å². The number of anilines is 1. The lowest BCUT2D eigenvalue weighted by molar-refractivity contribution is -0.158. The van der Waals surface area contributed by atoms with Crippen molar-refractivity contribution >= 4 is 11.6 Å². The van der Waals surface area contributed by atoms with E-state index in [1.54, 1.807) is 12.1 Å². The van der Waals surface area contributed by atoms with E-state index in [-0.39, 0.29) is 11.9 Å². The first-order valence-corrected chi connectivity index (χ1v) is 8.32. The van der Waals surface area contributed by atoms with Gasteiger partial charge in [-0.05, 0) is 60.2 Å². The number of benzene rings is 2. The fourth-order valence-corrected chi connectivity index (χ4v) is 2.57. The number of hydroxylamine groups is 2. The van der Waals surface area contributed by atoms with Gasteiger partial charge in [0, 0.05) is 23.4 Å². The number of nitrogens with two attached hydrogens (primary N) is 1. The Balaban J connectivity index is 1.54. The molecular formula is C21H19N3O2. The van der Waals surface area contributed by atoms with Crippen molar-refractivity contribution < 1.29 is 10.0 Å². The van der Waals surface area contributed by atoms with Crippen LogP contribution in [0.25, 0.3) is 0 Å². The van der Waals surface area contributed by atoms with Crippen molar-refractivity contribution in [3.63, 3.8) is 0 Å². The van der Waals surface area contributed by atoms with Crippen LogP contribution >= 0.6 is 0 Å². The summed E-state index contributed by atoms with van der Waals surface area (Å²) >= 11 is 0. The van der Waals surface area contributed by atoms with E-state index >= 15 is 0 Å². The molecular weight excluding hydrogens is 326 g/mol.